The third-order valence-corrected chi connectivity index (χ3v) is 5.82. The number of thiophene rings is 1. The van der Waals surface area contributed by atoms with Crippen LogP contribution in [-0.4, -0.2) is 11.9 Å². The molecule has 7 heteroatoms. The number of carbonyl (C=O) groups excluding carboxylic acids is 2. The molecule has 0 aliphatic carbocycles. The Balaban J connectivity index is 1.57. The highest BCUT2D eigenvalue weighted by molar-refractivity contribution is 7.10. The SMILES string of the molecule is Cc1ccc(F)c(C(=O)Nc2csc(C3Cc4ccccc4N3C(N)=O)c2)c1. The smallest absolute Gasteiger partial charge is 0.319 e. The van der Waals surface area contributed by atoms with Gasteiger partial charge in [0.25, 0.3) is 5.91 Å². The lowest BCUT2D eigenvalue weighted by molar-refractivity contribution is 0.102. The van der Waals surface area contributed by atoms with E-state index in [-0.39, 0.29) is 11.6 Å². The number of carbonyl (C=O) groups is 2. The van der Waals surface area contributed by atoms with Gasteiger partial charge in [-0.1, -0.05) is 29.8 Å². The third kappa shape index (κ3) is 3.25. The van der Waals surface area contributed by atoms with E-state index in [1.165, 1.54) is 23.5 Å². The summed E-state index contributed by atoms with van der Waals surface area (Å²) in [4.78, 5) is 26.9. The van der Waals surface area contributed by atoms with Crippen molar-refractivity contribution >= 4 is 34.6 Å². The van der Waals surface area contributed by atoms with Crippen LogP contribution in [0.1, 0.15) is 32.4 Å². The van der Waals surface area contributed by atoms with E-state index >= 15 is 0 Å². The lowest BCUT2D eigenvalue weighted by Gasteiger charge is -2.22. The molecule has 1 unspecified atom stereocenters. The van der Waals surface area contributed by atoms with Crippen LogP contribution in [0.3, 0.4) is 0 Å². The Kier molecular flexibility index (Phi) is 4.60. The standard InChI is InChI=1S/C21H18FN3O2S/c1-12-6-7-16(22)15(8-12)20(26)24-14-10-19(28-11-14)18-9-13-4-2-3-5-17(13)25(18)21(23)27/h2-8,10-11,18H,9H2,1H3,(H2,23,27)(H,24,26). The van der Waals surface area contributed by atoms with Crippen molar-refractivity contribution in [3.63, 3.8) is 0 Å². The van der Waals surface area contributed by atoms with E-state index in [0.29, 0.717) is 12.1 Å². The zero-order valence-electron chi connectivity index (χ0n) is 15.1. The third-order valence-electron chi connectivity index (χ3n) is 4.79. The average Bonchev–Trinajstić information content (AvgIpc) is 3.27. The van der Waals surface area contributed by atoms with Crippen molar-refractivity contribution in [1.82, 2.24) is 0 Å². The van der Waals surface area contributed by atoms with Crippen molar-refractivity contribution in [3.8, 4) is 0 Å². The fraction of sp³-hybridized carbons (Fsp3) is 0.143. The zero-order chi connectivity index (χ0) is 19.8. The maximum Gasteiger partial charge on any atom is 0.319 e. The summed E-state index contributed by atoms with van der Waals surface area (Å²) in [5, 5.41) is 4.51. The second kappa shape index (κ2) is 7.09. The molecule has 0 saturated carbocycles. The van der Waals surface area contributed by atoms with E-state index in [4.69, 9.17) is 5.73 Å². The van der Waals surface area contributed by atoms with E-state index in [2.05, 4.69) is 5.32 Å². The molecule has 0 bridgehead atoms. The van der Waals surface area contributed by atoms with Gasteiger partial charge < -0.3 is 11.1 Å². The number of aryl methyl sites for hydroxylation is 1. The number of hydrogen-bond donors (Lipinski definition) is 2. The average molecular weight is 395 g/mol. The first-order valence-corrected chi connectivity index (χ1v) is 9.64. The monoisotopic (exact) mass is 395 g/mol. The number of anilines is 2. The molecule has 3 aromatic rings. The molecule has 142 valence electrons. The van der Waals surface area contributed by atoms with Gasteiger partial charge in [0.1, 0.15) is 5.82 Å². The van der Waals surface area contributed by atoms with Crippen LogP contribution in [0.25, 0.3) is 0 Å². The van der Waals surface area contributed by atoms with Crippen molar-refractivity contribution in [2.24, 2.45) is 5.73 Å². The van der Waals surface area contributed by atoms with E-state index in [1.807, 2.05) is 30.3 Å². The molecule has 0 saturated heterocycles. The van der Waals surface area contributed by atoms with Gasteiger partial charge in [-0.05, 0) is 36.8 Å². The molecule has 1 aliphatic rings. The summed E-state index contributed by atoms with van der Waals surface area (Å²) in [7, 11) is 0. The number of nitrogens with one attached hydrogen (secondary N) is 1. The summed E-state index contributed by atoms with van der Waals surface area (Å²) in [6, 6.07) is 13.1. The molecule has 0 spiro atoms. The number of hydrogen-bond acceptors (Lipinski definition) is 3. The van der Waals surface area contributed by atoms with Gasteiger partial charge in [-0.25, -0.2) is 9.18 Å². The molecule has 2 aromatic carbocycles. The van der Waals surface area contributed by atoms with Gasteiger partial charge in [0, 0.05) is 22.4 Å². The maximum absolute atomic E-state index is 13.9. The zero-order valence-corrected chi connectivity index (χ0v) is 15.9. The van der Waals surface area contributed by atoms with Crippen LogP contribution in [0.15, 0.2) is 53.9 Å². The first-order valence-electron chi connectivity index (χ1n) is 8.76. The van der Waals surface area contributed by atoms with Crippen molar-refractivity contribution in [3.05, 3.63) is 81.3 Å². The largest absolute Gasteiger partial charge is 0.351 e. The minimum atomic E-state index is -0.565. The van der Waals surface area contributed by atoms with E-state index in [1.54, 1.807) is 23.3 Å². The van der Waals surface area contributed by atoms with Gasteiger partial charge in [0.05, 0.1) is 17.3 Å². The van der Waals surface area contributed by atoms with Crippen molar-refractivity contribution in [1.29, 1.82) is 0 Å². The van der Waals surface area contributed by atoms with E-state index < -0.39 is 17.8 Å². The van der Waals surface area contributed by atoms with Crippen LogP contribution in [0.4, 0.5) is 20.6 Å². The number of fused-ring (bicyclic) bond motifs is 1. The number of nitrogens with zero attached hydrogens (tertiary/aromatic N) is 1. The fourth-order valence-electron chi connectivity index (χ4n) is 3.49. The Morgan fingerprint density at radius 3 is 2.79 bits per heavy atom. The number of primary amides is 1. The summed E-state index contributed by atoms with van der Waals surface area (Å²) < 4.78 is 13.9. The summed E-state index contributed by atoms with van der Waals surface area (Å²) in [6.07, 6.45) is 0.652. The van der Waals surface area contributed by atoms with Gasteiger partial charge in [-0.2, -0.15) is 0 Å². The molecule has 5 nitrogen and oxygen atoms in total. The Morgan fingerprint density at radius 2 is 2.00 bits per heavy atom. The molecule has 0 fully saturated rings. The number of benzene rings is 2. The minimum absolute atomic E-state index is 0.000200. The number of halogens is 1. The molecule has 3 N–H and O–H groups in total. The topological polar surface area (TPSA) is 75.4 Å². The molecule has 0 radical (unpaired) electrons. The molecule has 1 aromatic heterocycles. The minimum Gasteiger partial charge on any atom is -0.351 e. The first kappa shape index (κ1) is 18.2. The van der Waals surface area contributed by atoms with Crippen molar-refractivity contribution < 1.29 is 14.0 Å². The van der Waals surface area contributed by atoms with Gasteiger partial charge in [0.2, 0.25) is 0 Å². The molecule has 28 heavy (non-hydrogen) atoms. The molecular weight excluding hydrogens is 377 g/mol. The van der Waals surface area contributed by atoms with Gasteiger partial charge in [-0.3, -0.25) is 9.69 Å². The van der Waals surface area contributed by atoms with E-state index in [9.17, 15) is 14.0 Å². The predicted octanol–water partition coefficient (Wildman–Crippen LogP) is 4.63. The second-order valence-electron chi connectivity index (χ2n) is 6.73. The number of urea groups is 1. The fourth-order valence-corrected chi connectivity index (χ4v) is 4.42. The Hall–Kier alpha value is -3.19. The summed E-state index contributed by atoms with van der Waals surface area (Å²) in [5.41, 5.74) is 8.83. The van der Waals surface area contributed by atoms with Crippen LogP contribution >= 0.6 is 11.3 Å². The van der Waals surface area contributed by atoms with Crippen molar-refractivity contribution in [2.45, 2.75) is 19.4 Å². The highest BCUT2D eigenvalue weighted by Crippen LogP contribution is 2.42. The van der Waals surface area contributed by atoms with E-state index in [0.717, 1.165) is 21.7 Å². The molecule has 3 amide bonds. The lowest BCUT2D eigenvalue weighted by atomic mass is 10.1. The normalized spacial score (nSPS) is 15.4. The number of rotatable bonds is 3. The van der Waals surface area contributed by atoms with Crippen LogP contribution in [0, 0.1) is 12.7 Å². The van der Waals surface area contributed by atoms with Gasteiger partial charge in [0.15, 0.2) is 0 Å². The lowest BCUT2D eigenvalue weighted by Crippen LogP contribution is -2.36. The Bertz CT molecular complexity index is 1080. The van der Waals surface area contributed by atoms with Gasteiger partial charge >= 0.3 is 6.03 Å². The summed E-state index contributed by atoms with van der Waals surface area (Å²) >= 11 is 1.43. The Morgan fingerprint density at radius 1 is 1.21 bits per heavy atom. The highest BCUT2D eigenvalue weighted by Gasteiger charge is 2.34. The quantitative estimate of drug-likeness (QED) is 0.678. The number of para-hydroxylation sites is 1. The first-order chi connectivity index (χ1) is 13.4. The van der Waals surface area contributed by atoms with Crippen molar-refractivity contribution in [2.75, 3.05) is 10.2 Å². The summed E-state index contributed by atoms with van der Waals surface area (Å²) in [6.45, 7) is 1.80. The highest BCUT2D eigenvalue weighted by atomic mass is 32.1. The number of amides is 3. The maximum atomic E-state index is 13.9. The van der Waals surface area contributed by atoms with Crippen LogP contribution in [-0.2, 0) is 6.42 Å². The predicted molar refractivity (Wildman–Crippen MR) is 108 cm³/mol. The number of nitrogens with two attached hydrogens (primary N) is 1. The molecule has 1 aliphatic heterocycles. The molecule has 4 rings (SSSR count). The molecule has 2 heterocycles. The summed E-state index contributed by atoms with van der Waals surface area (Å²) in [5.74, 6) is -1.07. The van der Waals surface area contributed by atoms with Crippen LogP contribution < -0.4 is 16.0 Å². The van der Waals surface area contributed by atoms with Gasteiger partial charge in [-0.15, -0.1) is 11.3 Å². The van der Waals surface area contributed by atoms with Crippen LogP contribution in [0.2, 0.25) is 0 Å². The molecule has 1 atom stereocenters. The van der Waals surface area contributed by atoms with Crippen LogP contribution in [0.5, 0.6) is 0 Å². The second-order valence-corrected chi connectivity index (χ2v) is 7.67. The molecular formula is C21H18FN3O2S. The Labute approximate surface area is 165 Å².